The van der Waals surface area contributed by atoms with Crippen LogP contribution in [0.25, 0.3) is 0 Å². The second-order valence-corrected chi connectivity index (χ2v) is 7.73. The van der Waals surface area contributed by atoms with E-state index in [2.05, 4.69) is 28.9 Å². The molecular formula is C10H21N3O2S2. The maximum atomic E-state index is 10.8. The molecule has 1 aliphatic rings. The lowest BCUT2D eigenvalue weighted by Crippen LogP contribution is -2.46. The van der Waals surface area contributed by atoms with Gasteiger partial charge in [0.1, 0.15) is 0 Å². The van der Waals surface area contributed by atoms with Crippen LogP contribution in [0.4, 0.5) is 0 Å². The fraction of sp³-hybridized carbons (Fsp3) is 0.900. The molecule has 0 unspecified atom stereocenters. The third-order valence-corrected chi connectivity index (χ3v) is 4.01. The highest BCUT2D eigenvalue weighted by molar-refractivity contribution is 8.13. The highest BCUT2D eigenvalue weighted by Gasteiger charge is 2.23. The van der Waals surface area contributed by atoms with Crippen LogP contribution in [-0.4, -0.2) is 44.2 Å². The van der Waals surface area contributed by atoms with Crippen molar-refractivity contribution in [1.82, 2.24) is 10.0 Å². The van der Waals surface area contributed by atoms with E-state index < -0.39 is 10.0 Å². The molecule has 2 N–H and O–H groups in total. The Hall–Kier alpha value is -0.270. The SMILES string of the molecule is CC1(C)CCSC(=NCCCNS(C)(=O)=O)N1. The predicted octanol–water partition coefficient (Wildman–Crippen LogP) is 0.787. The van der Waals surface area contributed by atoms with Crippen molar-refractivity contribution in [2.75, 3.05) is 25.1 Å². The Bertz CT molecular complexity index is 377. The molecule has 1 aliphatic heterocycles. The van der Waals surface area contributed by atoms with Gasteiger partial charge in [-0.15, -0.1) is 0 Å². The Morgan fingerprint density at radius 3 is 2.82 bits per heavy atom. The lowest BCUT2D eigenvalue weighted by atomic mass is 10.0. The van der Waals surface area contributed by atoms with E-state index in [0.717, 1.165) is 23.8 Å². The van der Waals surface area contributed by atoms with Crippen LogP contribution < -0.4 is 10.0 Å². The molecule has 100 valence electrons. The van der Waals surface area contributed by atoms with Crippen molar-refractivity contribution >= 4 is 27.0 Å². The first-order valence-corrected chi connectivity index (χ1v) is 8.56. The number of rotatable bonds is 5. The Morgan fingerprint density at radius 1 is 1.53 bits per heavy atom. The van der Waals surface area contributed by atoms with Gasteiger partial charge in [-0.25, -0.2) is 13.1 Å². The van der Waals surface area contributed by atoms with Gasteiger partial charge < -0.3 is 5.32 Å². The fourth-order valence-corrected chi connectivity index (χ4v) is 3.25. The minimum atomic E-state index is -3.07. The molecule has 1 heterocycles. The van der Waals surface area contributed by atoms with Gasteiger partial charge in [-0.2, -0.15) is 0 Å². The summed E-state index contributed by atoms with van der Waals surface area (Å²) < 4.78 is 24.1. The van der Waals surface area contributed by atoms with Crippen molar-refractivity contribution < 1.29 is 8.42 Å². The van der Waals surface area contributed by atoms with E-state index in [1.54, 1.807) is 11.8 Å². The lowest BCUT2D eigenvalue weighted by Gasteiger charge is -2.32. The molecule has 1 saturated heterocycles. The summed E-state index contributed by atoms with van der Waals surface area (Å²) in [6.07, 6.45) is 3.02. The first-order chi connectivity index (χ1) is 7.79. The van der Waals surface area contributed by atoms with Gasteiger partial charge in [0.25, 0.3) is 0 Å². The molecule has 0 aromatic carbocycles. The van der Waals surface area contributed by atoms with Gasteiger partial charge in [0.15, 0.2) is 5.17 Å². The first kappa shape index (κ1) is 14.8. The summed E-state index contributed by atoms with van der Waals surface area (Å²) in [5.74, 6) is 1.08. The number of nitrogens with one attached hydrogen (secondary N) is 2. The van der Waals surface area contributed by atoms with Crippen LogP contribution in [0.5, 0.6) is 0 Å². The highest BCUT2D eigenvalue weighted by Crippen LogP contribution is 2.21. The molecule has 17 heavy (non-hydrogen) atoms. The Balaban J connectivity index is 2.25. The molecule has 0 bridgehead atoms. The molecule has 5 nitrogen and oxygen atoms in total. The molecule has 0 aliphatic carbocycles. The van der Waals surface area contributed by atoms with Gasteiger partial charge in [0, 0.05) is 24.4 Å². The number of sulfonamides is 1. The third-order valence-electron chi connectivity index (χ3n) is 2.37. The minimum Gasteiger partial charge on any atom is -0.360 e. The molecule has 0 aromatic rings. The van der Waals surface area contributed by atoms with Crippen LogP contribution in [-0.2, 0) is 10.0 Å². The summed E-state index contributed by atoms with van der Waals surface area (Å²) >= 11 is 1.73. The van der Waals surface area contributed by atoms with Crippen molar-refractivity contribution in [3.63, 3.8) is 0 Å². The van der Waals surface area contributed by atoms with Crippen molar-refractivity contribution in [1.29, 1.82) is 0 Å². The molecule has 7 heteroatoms. The quantitative estimate of drug-likeness (QED) is 0.730. The molecule has 0 radical (unpaired) electrons. The van der Waals surface area contributed by atoms with Crippen LogP contribution in [0.2, 0.25) is 0 Å². The largest absolute Gasteiger partial charge is 0.360 e. The summed E-state index contributed by atoms with van der Waals surface area (Å²) in [5.41, 5.74) is 0.120. The molecule has 0 atom stereocenters. The molecule has 0 amide bonds. The van der Waals surface area contributed by atoms with E-state index in [1.165, 1.54) is 6.26 Å². The van der Waals surface area contributed by atoms with Gasteiger partial charge in [-0.3, -0.25) is 4.99 Å². The van der Waals surface area contributed by atoms with Crippen molar-refractivity contribution in [3.05, 3.63) is 0 Å². The van der Waals surface area contributed by atoms with Crippen LogP contribution in [0, 0.1) is 0 Å². The zero-order valence-electron chi connectivity index (χ0n) is 10.6. The average Bonchev–Trinajstić information content (AvgIpc) is 2.13. The maximum Gasteiger partial charge on any atom is 0.208 e. The number of hydrogen-bond acceptors (Lipinski definition) is 4. The van der Waals surface area contributed by atoms with Crippen LogP contribution in [0.1, 0.15) is 26.7 Å². The second-order valence-electron chi connectivity index (χ2n) is 4.81. The van der Waals surface area contributed by atoms with Crippen molar-refractivity contribution in [3.8, 4) is 0 Å². The zero-order valence-corrected chi connectivity index (χ0v) is 12.2. The molecule has 1 fully saturated rings. The van der Waals surface area contributed by atoms with E-state index in [1.807, 2.05) is 0 Å². The van der Waals surface area contributed by atoms with Gasteiger partial charge in [-0.05, 0) is 26.7 Å². The first-order valence-electron chi connectivity index (χ1n) is 5.69. The minimum absolute atomic E-state index is 0.120. The predicted molar refractivity (Wildman–Crippen MR) is 74.1 cm³/mol. The van der Waals surface area contributed by atoms with E-state index in [4.69, 9.17) is 0 Å². The van der Waals surface area contributed by atoms with Gasteiger partial charge >= 0.3 is 0 Å². The summed E-state index contributed by atoms with van der Waals surface area (Å²) in [7, 11) is -3.07. The lowest BCUT2D eigenvalue weighted by molar-refractivity contribution is 0.446. The Morgan fingerprint density at radius 2 is 2.24 bits per heavy atom. The molecule has 0 saturated carbocycles. The Kier molecular flexibility index (Phi) is 5.27. The van der Waals surface area contributed by atoms with Crippen molar-refractivity contribution in [2.45, 2.75) is 32.2 Å². The number of thioether (sulfide) groups is 1. The van der Waals surface area contributed by atoms with E-state index in [9.17, 15) is 8.42 Å². The number of hydrogen-bond donors (Lipinski definition) is 2. The smallest absolute Gasteiger partial charge is 0.208 e. The van der Waals surface area contributed by atoms with E-state index in [0.29, 0.717) is 13.1 Å². The number of nitrogens with zero attached hydrogens (tertiary/aromatic N) is 1. The van der Waals surface area contributed by atoms with Gasteiger partial charge in [-0.1, -0.05) is 11.8 Å². The molecule has 1 rings (SSSR count). The summed E-state index contributed by atoms with van der Waals surface area (Å²) in [4.78, 5) is 4.43. The summed E-state index contributed by atoms with van der Waals surface area (Å²) in [6.45, 7) is 5.42. The van der Waals surface area contributed by atoms with Gasteiger partial charge in [0.05, 0.1) is 6.26 Å². The zero-order chi connectivity index (χ0) is 12.9. The fourth-order valence-electron chi connectivity index (χ4n) is 1.39. The second kappa shape index (κ2) is 6.06. The summed E-state index contributed by atoms with van der Waals surface area (Å²) in [6, 6.07) is 0. The molecular weight excluding hydrogens is 258 g/mol. The van der Waals surface area contributed by atoms with Crippen LogP contribution >= 0.6 is 11.8 Å². The summed E-state index contributed by atoms with van der Waals surface area (Å²) in [5, 5.41) is 4.35. The highest BCUT2D eigenvalue weighted by atomic mass is 32.2. The maximum absolute atomic E-state index is 10.8. The third kappa shape index (κ3) is 6.90. The Labute approximate surface area is 108 Å². The van der Waals surface area contributed by atoms with E-state index in [-0.39, 0.29) is 5.54 Å². The van der Waals surface area contributed by atoms with Crippen LogP contribution in [0.3, 0.4) is 0 Å². The van der Waals surface area contributed by atoms with Crippen molar-refractivity contribution in [2.24, 2.45) is 4.99 Å². The number of aliphatic imine (C=N–C) groups is 1. The normalized spacial score (nSPS) is 22.4. The van der Waals surface area contributed by atoms with Gasteiger partial charge in [0.2, 0.25) is 10.0 Å². The number of amidine groups is 1. The molecule has 0 aromatic heterocycles. The average molecular weight is 279 g/mol. The topological polar surface area (TPSA) is 70.6 Å². The standard InChI is InChI=1S/C10H21N3O2S2/c1-10(2)5-8-16-9(13-10)11-6-4-7-12-17(3,14)15/h12H,4-8H2,1-3H3,(H,11,13). The monoisotopic (exact) mass is 279 g/mol. The van der Waals surface area contributed by atoms with E-state index >= 15 is 0 Å². The molecule has 0 spiro atoms. The van der Waals surface area contributed by atoms with Crippen LogP contribution in [0.15, 0.2) is 4.99 Å².